The van der Waals surface area contributed by atoms with E-state index in [1.165, 1.54) is 4.90 Å². The highest BCUT2D eigenvalue weighted by atomic mass is 16.5. The largest absolute Gasteiger partial charge is 0.494 e. The summed E-state index contributed by atoms with van der Waals surface area (Å²) in [5.41, 5.74) is 3.12. The molecule has 2 aliphatic heterocycles. The number of rotatable bonds is 7. The first-order chi connectivity index (χ1) is 15.5. The van der Waals surface area contributed by atoms with E-state index in [9.17, 15) is 14.4 Å². The molecule has 32 heavy (non-hydrogen) atoms. The quantitative estimate of drug-likeness (QED) is 0.651. The summed E-state index contributed by atoms with van der Waals surface area (Å²) in [6.45, 7) is 4.04. The van der Waals surface area contributed by atoms with Gasteiger partial charge in [-0.15, -0.1) is 0 Å². The van der Waals surface area contributed by atoms with E-state index in [1.807, 2.05) is 44.2 Å². The van der Waals surface area contributed by atoms with Crippen LogP contribution in [0.5, 0.6) is 5.75 Å². The third-order valence-electron chi connectivity index (χ3n) is 5.45. The fraction of sp³-hybridized carbons (Fsp3) is 0.292. The lowest BCUT2D eigenvalue weighted by Crippen LogP contribution is -2.49. The van der Waals surface area contributed by atoms with Gasteiger partial charge in [-0.1, -0.05) is 37.3 Å². The summed E-state index contributed by atoms with van der Waals surface area (Å²) >= 11 is 0. The average Bonchev–Trinajstić information content (AvgIpc) is 3.18. The highest BCUT2D eigenvalue weighted by molar-refractivity contribution is 6.00. The minimum atomic E-state index is -0.712. The number of carbonyl (C=O) groups is 3. The number of hydrogen-bond donors (Lipinski definition) is 2. The zero-order valence-corrected chi connectivity index (χ0v) is 18.0. The molecule has 2 aliphatic rings. The van der Waals surface area contributed by atoms with Gasteiger partial charge in [0.05, 0.1) is 23.9 Å². The van der Waals surface area contributed by atoms with Crippen molar-refractivity contribution in [3.05, 3.63) is 70.9 Å². The molecule has 8 nitrogen and oxygen atoms in total. The van der Waals surface area contributed by atoms with Crippen molar-refractivity contribution in [2.24, 2.45) is 0 Å². The van der Waals surface area contributed by atoms with Crippen molar-refractivity contribution in [3.8, 4) is 5.75 Å². The zero-order valence-electron chi connectivity index (χ0n) is 18.0. The molecule has 3 amide bonds. The Morgan fingerprint density at radius 3 is 2.78 bits per heavy atom. The number of aryl methyl sites for hydroxylation is 1. The lowest BCUT2D eigenvalue weighted by Gasteiger charge is -2.33. The summed E-state index contributed by atoms with van der Waals surface area (Å²) in [4.78, 5) is 39.5. The molecule has 1 atom stereocenters. The predicted molar refractivity (Wildman–Crippen MR) is 118 cm³/mol. The van der Waals surface area contributed by atoms with Crippen LogP contribution in [-0.4, -0.2) is 42.6 Å². The van der Waals surface area contributed by atoms with Gasteiger partial charge in [0.2, 0.25) is 5.91 Å². The van der Waals surface area contributed by atoms with Crippen molar-refractivity contribution in [2.45, 2.75) is 26.3 Å². The second-order valence-corrected chi connectivity index (χ2v) is 7.48. The van der Waals surface area contributed by atoms with Crippen molar-refractivity contribution in [1.82, 2.24) is 10.2 Å². The number of hydrogen-bond acceptors (Lipinski definition) is 5. The molecule has 0 saturated carbocycles. The minimum Gasteiger partial charge on any atom is -0.494 e. The molecule has 0 fully saturated rings. The molecule has 0 unspecified atom stereocenters. The standard InChI is InChI=1S/C24H25N3O5/c1-3-15-8-7-9-16(12-15)25-20(28)13-27-18-14-32-23(29)21(18)22(26-24(27)30)17-10-5-6-11-19(17)31-4-2/h5-12,22H,3-4,13-14H2,1-2H3,(H,25,28)(H,26,30)/t22-/m0/s1. The number of nitrogens with zero attached hydrogens (tertiary/aromatic N) is 1. The van der Waals surface area contributed by atoms with Crippen LogP contribution in [0.3, 0.4) is 0 Å². The molecule has 4 rings (SSSR count). The Morgan fingerprint density at radius 1 is 1.19 bits per heavy atom. The van der Waals surface area contributed by atoms with Gasteiger partial charge in [0.15, 0.2) is 0 Å². The van der Waals surface area contributed by atoms with Crippen molar-refractivity contribution < 1.29 is 23.9 Å². The molecule has 0 bridgehead atoms. The van der Waals surface area contributed by atoms with Crippen LogP contribution in [0.4, 0.5) is 10.5 Å². The zero-order chi connectivity index (χ0) is 22.7. The molecule has 2 heterocycles. The van der Waals surface area contributed by atoms with Gasteiger partial charge >= 0.3 is 12.0 Å². The number of cyclic esters (lactones) is 1. The molecule has 0 saturated heterocycles. The Morgan fingerprint density at radius 2 is 2.00 bits per heavy atom. The van der Waals surface area contributed by atoms with Crippen LogP contribution in [0.2, 0.25) is 0 Å². The Kier molecular flexibility index (Phi) is 6.11. The number of carbonyl (C=O) groups excluding carboxylic acids is 3. The second-order valence-electron chi connectivity index (χ2n) is 7.48. The van der Waals surface area contributed by atoms with E-state index < -0.39 is 18.0 Å². The first-order valence-corrected chi connectivity index (χ1v) is 10.6. The molecule has 0 aromatic heterocycles. The highest BCUT2D eigenvalue weighted by Crippen LogP contribution is 2.38. The Labute approximate surface area is 186 Å². The highest BCUT2D eigenvalue weighted by Gasteiger charge is 2.43. The van der Waals surface area contributed by atoms with E-state index in [2.05, 4.69) is 10.6 Å². The van der Waals surface area contributed by atoms with Gasteiger partial charge in [-0.3, -0.25) is 9.69 Å². The smallest absolute Gasteiger partial charge is 0.338 e. The van der Waals surface area contributed by atoms with Crippen molar-refractivity contribution in [2.75, 3.05) is 25.1 Å². The van der Waals surface area contributed by atoms with Gasteiger partial charge in [-0.25, -0.2) is 9.59 Å². The maximum Gasteiger partial charge on any atom is 0.338 e. The fourth-order valence-corrected chi connectivity index (χ4v) is 3.93. The monoisotopic (exact) mass is 435 g/mol. The number of nitrogens with one attached hydrogen (secondary N) is 2. The minimum absolute atomic E-state index is 0.0620. The first-order valence-electron chi connectivity index (χ1n) is 10.6. The molecule has 2 aromatic rings. The van der Waals surface area contributed by atoms with Gasteiger partial charge in [-0.05, 0) is 37.1 Å². The fourth-order valence-electron chi connectivity index (χ4n) is 3.93. The average molecular weight is 435 g/mol. The van der Waals surface area contributed by atoms with Crippen LogP contribution in [0.15, 0.2) is 59.8 Å². The van der Waals surface area contributed by atoms with Gasteiger partial charge in [0, 0.05) is 11.3 Å². The number of benzene rings is 2. The number of ether oxygens (including phenoxy) is 2. The van der Waals surface area contributed by atoms with Crippen LogP contribution in [-0.2, 0) is 20.7 Å². The SMILES string of the molecule is CCOc1ccccc1[C@@H]1NC(=O)N(CC(=O)Nc2cccc(CC)c2)C2=C1C(=O)OC2. The van der Waals surface area contributed by atoms with Gasteiger partial charge in [0.25, 0.3) is 0 Å². The van der Waals surface area contributed by atoms with Crippen LogP contribution in [0.25, 0.3) is 0 Å². The summed E-state index contributed by atoms with van der Waals surface area (Å²) in [5.74, 6) is -0.307. The van der Waals surface area contributed by atoms with E-state index in [0.717, 1.165) is 12.0 Å². The molecular weight excluding hydrogens is 410 g/mol. The normalized spacial score (nSPS) is 17.6. The van der Waals surface area contributed by atoms with E-state index >= 15 is 0 Å². The van der Waals surface area contributed by atoms with E-state index in [1.54, 1.807) is 18.2 Å². The molecular formula is C24H25N3O5. The third-order valence-corrected chi connectivity index (χ3v) is 5.45. The summed E-state index contributed by atoms with van der Waals surface area (Å²) < 4.78 is 10.9. The number of para-hydroxylation sites is 1. The summed E-state index contributed by atoms with van der Waals surface area (Å²) in [7, 11) is 0. The topological polar surface area (TPSA) is 97.0 Å². The van der Waals surface area contributed by atoms with E-state index in [4.69, 9.17) is 9.47 Å². The predicted octanol–water partition coefficient (Wildman–Crippen LogP) is 3.16. The molecule has 2 N–H and O–H groups in total. The molecule has 0 aliphatic carbocycles. The maximum absolute atomic E-state index is 13.0. The Bertz CT molecular complexity index is 1090. The third kappa shape index (κ3) is 4.16. The lowest BCUT2D eigenvalue weighted by molar-refractivity contribution is -0.136. The van der Waals surface area contributed by atoms with Crippen LogP contribution < -0.4 is 15.4 Å². The van der Waals surface area contributed by atoms with Crippen molar-refractivity contribution in [1.29, 1.82) is 0 Å². The molecule has 0 radical (unpaired) electrons. The van der Waals surface area contributed by atoms with Gasteiger partial charge in [0.1, 0.15) is 18.9 Å². The number of urea groups is 1. The maximum atomic E-state index is 13.0. The first kappa shape index (κ1) is 21.4. The van der Waals surface area contributed by atoms with Crippen LogP contribution in [0, 0.1) is 0 Å². The van der Waals surface area contributed by atoms with Crippen molar-refractivity contribution in [3.63, 3.8) is 0 Å². The lowest BCUT2D eigenvalue weighted by atomic mass is 9.95. The molecule has 2 aromatic carbocycles. The second kappa shape index (κ2) is 9.13. The number of anilines is 1. The van der Waals surface area contributed by atoms with Crippen molar-refractivity contribution >= 4 is 23.6 Å². The van der Waals surface area contributed by atoms with E-state index in [0.29, 0.717) is 34.9 Å². The van der Waals surface area contributed by atoms with Gasteiger partial charge in [-0.2, -0.15) is 0 Å². The number of amides is 3. The van der Waals surface area contributed by atoms with Crippen LogP contribution >= 0.6 is 0 Å². The summed E-state index contributed by atoms with van der Waals surface area (Å²) in [6, 6.07) is 13.6. The Balaban J connectivity index is 1.60. The Hall–Kier alpha value is -3.81. The molecule has 8 heteroatoms. The molecule has 0 spiro atoms. The van der Waals surface area contributed by atoms with E-state index in [-0.39, 0.29) is 19.1 Å². The molecule has 166 valence electrons. The summed E-state index contributed by atoms with van der Waals surface area (Å²) in [5, 5.41) is 5.65. The summed E-state index contributed by atoms with van der Waals surface area (Å²) in [6.07, 6.45) is 0.846. The van der Waals surface area contributed by atoms with Gasteiger partial charge < -0.3 is 20.1 Å². The number of esters is 1. The van der Waals surface area contributed by atoms with Crippen LogP contribution in [0.1, 0.15) is 31.0 Å².